The summed E-state index contributed by atoms with van der Waals surface area (Å²) in [6, 6.07) is 10.1. The van der Waals surface area contributed by atoms with Gasteiger partial charge in [0.05, 0.1) is 12.2 Å². The molecular formula is C14H20O2. The van der Waals surface area contributed by atoms with Crippen molar-refractivity contribution in [3.63, 3.8) is 0 Å². The van der Waals surface area contributed by atoms with E-state index in [1.165, 1.54) is 5.56 Å². The zero-order valence-corrected chi connectivity index (χ0v) is 9.55. The van der Waals surface area contributed by atoms with Crippen LogP contribution in [0.2, 0.25) is 0 Å². The van der Waals surface area contributed by atoms with Crippen LogP contribution in [0.3, 0.4) is 0 Å². The Morgan fingerprint density at radius 1 is 1.12 bits per heavy atom. The second kappa shape index (κ2) is 7.20. The lowest BCUT2D eigenvalue weighted by Gasteiger charge is -2.14. The van der Waals surface area contributed by atoms with Crippen LogP contribution in [0.5, 0.6) is 0 Å². The van der Waals surface area contributed by atoms with Crippen LogP contribution in [0, 0.1) is 0 Å². The Labute approximate surface area is 97.2 Å². The fourth-order valence-electron chi connectivity index (χ4n) is 1.70. The van der Waals surface area contributed by atoms with Gasteiger partial charge in [-0.3, -0.25) is 0 Å². The maximum Gasteiger partial charge on any atom is 0.0599 e. The van der Waals surface area contributed by atoms with Gasteiger partial charge in [0.15, 0.2) is 0 Å². The fraction of sp³-hybridized carbons (Fsp3) is 0.429. The van der Waals surface area contributed by atoms with Gasteiger partial charge in [-0.15, -0.1) is 6.58 Å². The highest BCUT2D eigenvalue weighted by Crippen LogP contribution is 2.10. The quantitative estimate of drug-likeness (QED) is 0.692. The molecule has 0 heterocycles. The Kier molecular flexibility index (Phi) is 5.83. The van der Waals surface area contributed by atoms with Crippen LogP contribution in [0.1, 0.15) is 24.8 Å². The highest BCUT2D eigenvalue weighted by atomic mass is 16.3. The largest absolute Gasteiger partial charge is 0.393 e. The van der Waals surface area contributed by atoms with Gasteiger partial charge in [0.2, 0.25) is 0 Å². The van der Waals surface area contributed by atoms with E-state index >= 15 is 0 Å². The van der Waals surface area contributed by atoms with E-state index in [0.29, 0.717) is 19.3 Å². The average Bonchev–Trinajstić information content (AvgIpc) is 2.28. The lowest BCUT2D eigenvalue weighted by molar-refractivity contribution is 0.0775. The van der Waals surface area contributed by atoms with E-state index < -0.39 is 12.2 Å². The first-order valence-electron chi connectivity index (χ1n) is 5.73. The number of hydrogen-bond acceptors (Lipinski definition) is 2. The summed E-state index contributed by atoms with van der Waals surface area (Å²) in [5.41, 5.74) is 1.22. The summed E-state index contributed by atoms with van der Waals surface area (Å²) >= 11 is 0. The van der Waals surface area contributed by atoms with Gasteiger partial charge < -0.3 is 10.2 Å². The van der Waals surface area contributed by atoms with E-state index in [0.717, 1.165) is 6.42 Å². The second-order valence-electron chi connectivity index (χ2n) is 4.09. The minimum atomic E-state index is -0.469. The molecular weight excluding hydrogens is 200 g/mol. The number of aryl methyl sites for hydroxylation is 1. The first kappa shape index (κ1) is 12.9. The van der Waals surface area contributed by atoms with E-state index in [1.54, 1.807) is 6.08 Å². The zero-order chi connectivity index (χ0) is 11.8. The molecule has 1 aromatic carbocycles. The molecule has 0 bridgehead atoms. The lowest BCUT2D eigenvalue weighted by atomic mass is 10.0. The molecule has 2 nitrogen and oxygen atoms in total. The minimum Gasteiger partial charge on any atom is -0.393 e. The summed E-state index contributed by atoms with van der Waals surface area (Å²) in [7, 11) is 0. The molecule has 1 rings (SSSR count). The standard InChI is InChI=1S/C14H20O2/c1-2-6-13(15)11-14(16)10-9-12-7-4-3-5-8-12/h2-5,7-8,13-16H,1,6,9-11H2/t13-,14-/m0/s1. The molecule has 88 valence electrons. The summed E-state index contributed by atoms with van der Waals surface area (Å²) in [5.74, 6) is 0. The van der Waals surface area contributed by atoms with Crippen LogP contribution in [0.25, 0.3) is 0 Å². The summed E-state index contributed by atoms with van der Waals surface area (Å²) in [4.78, 5) is 0. The zero-order valence-electron chi connectivity index (χ0n) is 9.55. The molecule has 0 saturated heterocycles. The minimum absolute atomic E-state index is 0.429. The Morgan fingerprint density at radius 3 is 2.44 bits per heavy atom. The van der Waals surface area contributed by atoms with Crippen LogP contribution in [-0.4, -0.2) is 22.4 Å². The van der Waals surface area contributed by atoms with E-state index in [-0.39, 0.29) is 0 Å². The Hall–Kier alpha value is -1.12. The third kappa shape index (κ3) is 5.10. The first-order valence-corrected chi connectivity index (χ1v) is 5.73. The average molecular weight is 220 g/mol. The van der Waals surface area contributed by atoms with Crippen molar-refractivity contribution in [3.8, 4) is 0 Å². The van der Waals surface area contributed by atoms with Gasteiger partial charge in [0.25, 0.3) is 0 Å². The molecule has 0 aliphatic heterocycles. The molecule has 1 aromatic rings. The summed E-state index contributed by atoms with van der Waals surface area (Å²) in [6.45, 7) is 3.56. The van der Waals surface area contributed by atoms with Crippen molar-refractivity contribution in [3.05, 3.63) is 48.6 Å². The Bertz CT molecular complexity index is 295. The highest BCUT2D eigenvalue weighted by Gasteiger charge is 2.10. The van der Waals surface area contributed by atoms with E-state index in [2.05, 4.69) is 6.58 Å². The normalized spacial score (nSPS) is 14.4. The maximum absolute atomic E-state index is 9.71. The van der Waals surface area contributed by atoms with E-state index in [9.17, 15) is 10.2 Å². The molecule has 0 aliphatic carbocycles. The molecule has 0 spiro atoms. The van der Waals surface area contributed by atoms with Gasteiger partial charge in [-0.1, -0.05) is 36.4 Å². The molecule has 2 N–H and O–H groups in total. The predicted octanol–water partition coefficient (Wildman–Crippen LogP) is 2.31. The van der Waals surface area contributed by atoms with Gasteiger partial charge in [-0.05, 0) is 31.2 Å². The van der Waals surface area contributed by atoms with Gasteiger partial charge in [-0.25, -0.2) is 0 Å². The van der Waals surface area contributed by atoms with Crippen LogP contribution in [-0.2, 0) is 6.42 Å². The maximum atomic E-state index is 9.71. The van der Waals surface area contributed by atoms with Crippen molar-refractivity contribution in [2.45, 2.75) is 37.9 Å². The molecule has 2 heteroatoms. The number of hydrogen-bond donors (Lipinski definition) is 2. The number of aliphatic hydroxyl groups excluding tert-OH is 2. The van der Waals surface area contributed by atoms with Crippen molar-refractivity contribution >= 4 is 0 Å². The summed E-state index contributed by atoms with van der Waals surface area (Å²) in [6.07, 6.45) is 3.29. The Morgan fingerprint density at radius 2 is 1.81 bits per heavy atom. The molecule has 2 atom stereocenters. The van der Waals surface area contributed by atoms with Crippen LogP contribution < -0.4 is 0 Å². The number of rotatable bonds is 7. The molecule has 0 saturated carbocycles. The summed E-state index contributed by atoms with van der Waals surface area (Å²) < 4.78 is 0. The molecule has 0 aliphatic rings. The topological polar surface area (TPSA) is 40.5 Å². The van der Waals surface area contributed by atoms with Crippen molar-refractivity contribution in [2.24, 2.45) is 0 Å². The van der Waals surface area contributed by atoms with Crippen LogP contribution in [0.4, 0.5) is 0 Å². The first-order chi connectivity index (χ1) is 7.72. The van der Waals surface area contributed by atoms with Crippen LogP contribution >= 0.6 is 0 Å². The molecule has 16 heavy (non-hydrogen) atoms. The predicted molar refractivity (Wildman–Crippen MR) is 66.2 cm³/mol. The highest BCUT2D eigenvalue weighted by molar-refractivity contribution is 5.14. The lowest BCUT2D eigenvalue weighted by Crippen LogP contribution is -2.17. The van der Waals surface area contributed by atoms with Gasteiger partial charge in [0.1, 0.15) is 0 Å². The van der Waals surface area contributed by atoms with Gasteiger partial charge >= 0.3 is 0 Å². The molecule has 0 fully saturated rings. The molecule has 0 aromatic heterocycles. The van der Waals surface area contributed by atoms with E-state index in [4.69, 9.17) is 0 Å². The molecule has 0 radical (unpaired) electrons. The van der Waals surface area contributed by atoms with Gasteiger partial charge in [-0.2, -0.15) is 0 Å². The van der Waals surface area contributed by atoms with Crippen LogP contribution in [0.15, 0.2) is 43.0 Å². The number of benzene rings is 1. The third-order valence-corrected chi connectivity index (χ3v) is 2.59. The van der Waals surface area contributed by atoms with E-state index in [1.807, 2.05) is 30.3 Å². The third-order valence-electron chi connectivity index (χ3n) is 2.59. The molecule has 0 amide bonds. The van der Waals surface area contributed by atoms with Crippen molar-refractivity contribution in [1.82, 2.24) is 0 Å². The summed E-state index contributed by atoms with van der Waals surface area (Å²) in [5, 5.41) is 19.2. The second-order valence-corrected chi connectivity index (χ2v) is 4.09. The van der Waals surface area contributed by atoms with Crippen molar-refractivity contribution in [1.29, 1.82) is 0 Å². The number of aliphatic hydroxyl groups is 2. The monoisotopic (exact) mass is 220 g/mol. The smallest absolute Gasteiger partial charge is 0.0599 e. The van der Waals surface area contributed by atoms with Crippen molar-refractivity contribution in [2.75, 3.05) is 0 Å². The Balaban J connectivity index is 2.25. The van der Waals surface area contributed by atoms with Gasteiger partial charge in [0, 0.05) is 0 Å². The van der Waals surface area contributed by atoms with Crippen molar-refractivity contribution < 1.29 is 10.2 Å². The fourth-order valence-corrected chi connectivity index (χ4v) is 1.70. The molecule has 0 unspecified atom stereocenters. The SMILES string of the molecule is C=CC[C@H](O)C[C@@H](O)CCc1ccccc1.